The van der Waals surface area contributed by atoms with Crippen LogP contribution in [-0.2, 0) is 4.79 Å². The number of anilines is 1. The Morgan fingerprint density at radius 1 is 1.38 bits per heavy atom. The quantitative estimate of drug-likeness (QED) is 0.891. The molecule has 132 valence electrons. The number of carbonyl (C=O) groups is 2. The number of amides is 2. The number of nitrogens with one attached hydrogen (secondary N) is 1. The molecule has 0 saturated carbocycles. The highest BCUT2D eigenvalue weighted by Gasteiger charge is 2.31. The molecular formula is C18H25FN2O3. The molecule has 5 nitrogen and oxygen atoms in total. The Kier molecular flexibility index (Phi) is 5.28. The number of carbonyl (C=O) groups excluding carboxylic acids is 2. The lowest BCUT2D eigenvalue weighted by molar-refractivity contribution is -0.123. The van der Waals surface area contributed by atoms with Gasteiger partial charge in [-0.2, -0.15) is 0 Å². The molecule has 1 aromatic carbocycles. The van der Waals surface area contributed by atoms with Crippen molar-refractivity contribution in [3.05, 3.63) is 29.6 Å². The van der Waals surface area contributed by atoms with E-state index in [4.69, 9.17) is 0 Å². The summed E-state index contributed by atoms with van der Waals surface area (Å²) >= 11 is 0. The topological polar surface area (TPSA) is 69.6 Å². The highest BCUT2D eigenvalue weighted by Crippen LogP contribution is 2.24. The highest BCUT2D eigenvalue weighted by molar-refractivity contribution is 5.98. The van der Waals surface area contributed by atoms with Crippen molar-refractivity contribution in [2.45, 2.75) is 40.2 Å². The Bertz CT molecular complexity index is 638. The first-order valence-corrected chi connectivity index (χ1v) is 8.18. The average Bonchev–Trinajstić information content (AvgIpc) is 2.97. The minimum absolute atomic E-state index is 0.0146. The maximum atomic E-state index is 14.1. The SMILES string of the molecule is CC(O)C1CCN(C(=O)c2cc(NC(=O)C(C)(C)C)ccc2F)C1. The van der Waals surface area contributed by atoms with E-state index in [0.29, 0.717) is 25.2 Å². The maximum absolute atomic E-state index is 14.1. The van der Waals surface area contributed by atoms with Gasteiger partial charge in [-0.1, -0.05) is 20.8 Å². The van der Waals surface area contributed by atoms with E-state index in [9.17, 15) is 19.1 Å². The number of hydrogen-bond acceptors (Lipinski definition) is 3. The van der Waals surface area contributed by atoms with Crippen LogP contribution in [0.1, 0.15) is 44.5 Å². The molecule has 2 N–H and O–H groups in total. The number of nitrogens with zero attached hydrogens (tertiary/aromatic N) is 1. The second kappa shape index (κ2) is 6.89. The fourth-order valence-corrected chi connectivity index (χ4v) is 2.62. The van der Waals surface area contributed by atoms with Gasteiger partial charge in [0.2, 0.25) is 5.91 Å². The zero-order valence-electron chi connectivity index (χ0n) is 14.6. The molecule has 2 amide bonds. The third-order valence-electron chi connectivity index (χ3n) is 4.33. The van der Waals surface area contributed by atoms with Crippen LogP contribution in [0.5, 0.6) is 0 Å². The van der Waals surface area contributed by atoms with Crippen LogP contribution in [0.15, 0.2) is 18.2 Å². The largest absolute Gasteiger partial charge is 0.393 e. The average molecular weight is 336 g/mol. The van der Waals surface area contributed by atoms with Crippen molar-refractivity contribution < 1.29 is 19.1 Å². The molecule has 0 aromatic heterocycles. The van der Waals surface area contributed by atoms with Gasteiger partial charge in [0.1, 0.15) is 5.82 Å². The first-order chi connectivity index (χ1) is 11.1. The third kappa shape index (κ3) is 4.12. The number of likely N-dealkylation sites (tertiary alicyclic amines) is 1. The van der Waals surface area contributed by atoms with E-state index in [1.54, 1.807) is 32.6 Å². The van der Waals surface area contributed by atoms with E-state index in [0.717, 1.165) is 0 Å². The van der Waals surface area contributed by atoms with Crippen molar-refractivity contribution in [2.24, 2.45) is 11.3 Å². The van der Waals surface area contributed by atoms with Crippen molar-refractivity contribution in [1.82, 2.24) is 4.90 Å². The summed E-state index contributed by atoms with van der Waals surface area (Å²) in [4.78, 5) is 26.2. The lowest BCUT2D eigenvalue weighted by Crippen LogP contribution is -2.31. The lowest BCUT2D eigenvalue weighted by Gasteiger charge is -2.20. The number of rotatable bonds is 3. The summed E-state index contributed by atoms with van der Waals surface area (Å²) in [6.45, 7) is 7.93. The van der Waals surface area contributed by atoms with Crippen molar-refractivity contribution in [3.8, 4) is 0 Å². The minimum atomic E-state index is -0.616. The van der Waals surface area contributed by atoms with Crippen LogP contribution in [0.2, 0.25) is 0 Å². The Labute approximate surface area is 141 Å². The fourth-order valence-electron chi connectivity index (χ4n) is 2.62. The molecule has 1 aromatic rings. The summed E-state index contributed by atoms with van der Waals surface area (Å²) in [6.07, 6.45) is 0.205. The van der Waals surface area contributed by atoms with Gasteiger partial charge in [0, 0.05) is 30.1 Å². The zero-order valence-corrected chi connectivity index (χ0v) is 14.6. The smallest absolute Gasteiger partial charge is 0.256 e. The Morgan fingerprint density at radius 2 is 2.04 bits per heavy atom. The van der Waals surface area contributed by atoms with Crippen LogP contribution >= 0.6 is 0 Å². The van der Waals surface area contributed by atoms with Crippen molar-refractivity contribution in [2.75, 3.05) is 18.4 Å². The number of halogens is 1. The summed E-state index contributed by atoms with van der Waals surface area (Å²) in [5.41, 5.74) is -0.253. The first kappa shape index (κ1) is 18.4. The summed E-state index contributed by atoms with van der Waals surface area (Å²) in [6, 6.07) is 4.00. The van der Waals surface area contributed by atoms with E-state index < -0.39 is 23.2 Å². The van der Waals surface area contributed by atoms with E-state index in [1.807, 2.05) is 0 Å². The van der Waals surface area contributed by atoms with Gasteiger partial charge in [-0.25, -0.2) is 4.39 Å². The molecule has 6 heteroatoms. The van der Waals surface area contributed by atoms with Crippen LogP contribution in [0.25, 0.3) is 0 Å². The number of aliphatic hydroxyl groups excluding tert-OH is 1. The summed E-state index contributed by atoms with van der Waals surface area (Å²) < 4.78 is 14.1. The number of aliphatic hydroxyl groups is 1. The fraction of sp³-hybridized carbons (Fsp3) is 0.556. The van der Waals surface area contributed by atoms with Gasteiger partial charge in [-0.3, -0.25) is 9.59 Å². The Morgan fingerprint density at radius 3 is 2.58 bits per heavy atom. The molecule has 0 bridgehead atoms. The van der Waals surface area contributed by atoms with Gasteiger partial charge in [0.15, 0.2) is 0 Å². The molecule has 0 spiro atoms. The van der Waals surface area contributed by atoms with E-state index >= 15 is 0 Å². The van der Waals surface area contributed by atoms with Crippen molar-refractivity contribution in [3.63, 3.8) is 0 Å². The van der Waals surface area contributed by atoms with Crippen LogP contribution in [0.4, 0.5) is 10.1 Å². The minimum Gasteiger partial charge on any atom is -0.393 e. The summed E-state index contributed by atoms with van der Waals surface area (Å²) in [5, 5.41) is 12.3. The predicted molar refractivity (Wildman–Crippen MR) is 90.2 cm³/mol. The van der Waals surface area contributed by atoms with E-state index in [2.05, 4.69) is 5.32 Å². The van der Waals surface area contributed by atoms with Crippen LogP contribution < -0.4 is 5.32 Å². The second-order valence-electron chi connectivity index (χ2n) is 7.44. The maximum Gasteiger partial charge on any atom is 0.256 e. The van der Waals surface area contributed by atoms with E-state index in [1.165, 1.54) is 18.2 Å². The monoisotopic (exact) mass is 336 g/mol. The third-order valence-corrected chi connectivity index (χ3v) is 4.33. The predicted octanol–water partition coefficient (Wildman–Crippen LogP) is 2.65. The molecule has 1 fully saturated rings. The molecule has 1 aliphatic rings. The summed E-state index contributed by atoms with van der Waals surface area (Å²) in [7, 11) is 0. The molecule has 2 atom stereocenters. The van der Waals surface area contributed by atoms with Crippen LogP contribution in [0.3, 0.4) is 0 Å². The molecule has 24 heavy (non-hydrogen) atoms. The highest BCUT2D eigenvalue weighted by atomic mass is 19.1. The van der Waals surface area contributed by atoms with Gasteiger partial charge in [-0.15, -0.1) is 0 Å². The second-order valence-corrected chi connectivity index (χ2v) is 7.44. The van der Waals surface area contributed by atoms with Gasteiger partial charge in [-0.05, 0) is 31.5 Å². The normalized spacial score (nSPS) is 19.2. The van der Waals surface area contributed by atoms with Gasteiger partial charge in [0.25, 0.3) is 5.91 Å². The molecule has 2 rings (SSSR count). The van der Waals surface area contributed by atoms with E-state index in [-0.39, 0.29) is 17.4 Å². The lowest BCUT2D eigenvalue weighted by atomic mass is 9.95. The van der Waals surface area contributed by atoms with Crippen LogP contribution in [-0.4, -0.2) is 41.0 Å². The molecule has 2 unspecified atom stereocenters. The molecule has 1 aliphatic heterocycles. The molecule has 0 aliphatic carbocycles. The number of benzene rings is 1. The van der Waals surface area contributed by atoms with Crippen molar-refractivity contribution in [1.29, 1.82) is 0 Å². The molecule has 1 heterocycles. The molecular weight excluding hydrogens is 311 g/mol. The van der Waals surface area contributed by atoms with Crippen LogP contribution in [0, 0.1) is 17.2 Å². The number of hydrogen-bond donors (Lipinski definition) is 2. The van der Waals surface area contributed by atoms with Crippen molar-refractivity contribution >= 4 is 17.5 Å². The van der Waals surface area contributed by atoms with Gasteiger partial charge < -0.3 is 15.3 Å². The summed E-state index contributed by atoms with van der Waals surface area (Å²) in [5.74, 6) is -1.22. The van der Waals surface area contributed by atoms with Gasteiger partial charge >= 0.3 is 0 Å². The molecule has 1 saturated heterocycles. The standard InChI is InChI=1S/C18H25FN2O3/c1-11(22)12-7-8-21(10-12)16(23)14-9-13(5-6-15(14)19)20-17(24)18(2,3)4/h5-6,9,11-12,22H,7-8,10H2,1-4H3,(H,20,24). The zero-order chi connectivity index (χ0) is 18.1. The Balaban J connectivity index is 2.17. The molecule has 0 radical (unpaired) electrons. The Hall–Kier alpha value is -1.95. The first-order valence-electron chi connectivity index (χ1n) is 8.18. The van der Waals surface area contributed by atoms with Gasteiger partial charge in [0.05, 0.1) is 11.7 Å².